The van der Waals surface area contributed by atoms with E-state index in [-0.39, 0.29) is 11.6 Å². The smallest absolute Gasteiger partial charge is 0.210 e. The normalized spacial score (nSPS) is 14.2. The molecule has 0 spiro atoms. The lowest BCUT2D eigenvalue weighted by Gasteiger charge is -2.15. The van der Waals surface area contributed by atoms with Gasteiger partial charge in [0, 0.05) is 23.9 Å². The van der Waals surface area contributed by atoms with Gasteiger partial charge in [0.05, 0.1) is 5.56 Å². The molecule has 3 heteroatoms. The van der Waals surface area contributed by atoms with Crippen LogP contribution >= 0.6 is 0 Å². The van der Waals surface area contributed by atoms with Crippen molar-refractivity contribution in [1.82, 2.24) is 4.57 Å². The van der Waals surface area contributed by atoms with Crippen molar-refractivity contribution in [3.05, 3.63) is 64.5 Å². The van der Waals surface area contributed by atoms with Crippen LogP contribution in [0.3, 0.4) is 0 Å². The SMILES string of the molecule is CC=C(C)c1cc2c(n1C)C(=O)c1ccccc1C2=O. The molecule has 1 aromatic carbocycles. The van der Waals surface area contributed by atoms with Crippen LogP contribution in [0, 0.1) is 0 Å². The quantitative estimate of drug-likeness (QED) is 0.677. The molecular weight excluding hydrogens is 250 g/mol. The fourth-order valence-electron chi connectivity index (χ4n) is 2.73. The molecule has 1 heterocycles. The zero-order valence-corrected chi connectivity index (χ0v) is 11.7. The van der Waals surface area contributed by atoms with Crippen LogP contribution in [0.2, 0.25) is 0 Å². The zero-order chi connectivity index (χ0) is 14.4. The lowest BCUT2D eigenvalue weighted by molar-refractivity contribution is 0.0974. The Labute approximate surface area is 117 Å². The van der Waals surface area contributed by atoms with Crippen molar-refractivity contribution in [3.8, 4) is 0 Å². The number of allylic oxidation sites excluding steroid dienone is 2. The summed E-state index contributed by atoms with van der Waals surface area (Å²) in [6, 6.07) is 8.83. The summed E-state index contributed by atoms with van der Waals surface area (Å²) in [7, 11) is 1.83. The van der Waals surface area contributed by atoms with Gasteiger partial charge in [-0.25, -0.2) is 0 Å². The first-order valence-corrected chi connectivity index (χ1v) is 6.57. The third-order valence-electron chi connectivity index (χ3n) is 3.95. The molecule has 1 aliphatic carbocycles. The largest absolute Gasteiger partial charge is 0.341 e. The van der Waals surface area contributed by atoms with Gasteiger partial charge in [0.25, 0.3) is 0 Å². The molecule has 1 aliphatic rings. The second-order valence-corrected chi connectivity index (χ2v) is 5.03. The number of fused-ring (bicyclic) bond motifs is 2. The summed E-state index contributed by atoms with van der Waals surface area (Å²) in [6.45, 7) is 3.92. The molecule has 0 aliphatic heterocycles. The number of rotatable bonds is 1. The molecule has 0 unspecified atom stereocenters. The lowest BCUT2D eigenvalue weighted by atomic mass is 9.88. The first-order valence-electron chi connectivity index (χ1n) is 6.57. The maximum atomic E-state index is 12.6. The summed E-state index contributed by atoms with van der Waals surface area (Å²) >= 11 is 0. The number of hydrogen-bond acceptors (Lipinski definition) is 2. The Hall–Kier alpha value is -2.42. The van der Waals surface area contributed by atoms with E-state index in [1.807, 2.05) is 37.6 Å². The predicted octanol–water partition coefficient (Wildman–Crippen LogP) is 3.22. The number of carbonyl (C=O) groups is 2. The fourth-order valence-corrected chi connectivity index (χ4v) is 2.73. The summed E-state index contributed by atoms with van der Waals surface area (Å²) in [5.41, 5.74) is 3.95. The summed E-state index contributed by atoms with van der Waals surface area (Å²) < 4.78 is 1.82. The van der Waals surface area contributed by atoms with Gasteiger partial charge in [0.15, 0.2) is 5.78 Å². The van der Waals surface area contributed by atoms with Crippen LogP contribution in [-0.2, 0) is 7.05 Å². The summed E-state index contributed by atoms with van der Waals surface area (Å²) in [6.07, 6.45) is 1.98. The van der Waals surface area contributed by atoms with Gasteiger partial charge in [-0.05, 0) is 25.5 Å². The molecule has 1 aromatic heterocycles. The minimum Gasteiger partial charge on any atom is -0.341 e. The minimum absolute atomic E-state index is 0.0686. The van der Waals surface area contributed by atoms with Crippen molar-refractivity contribution in [1.29, 1.82) is 0 Å². The Balaban J connectivity index is 2.31. The molecule has 2 aromatic rings. The molecule has 0 fully saturated rings. The van der Waals surface area contributed by atoms with E-state index in [9.17, 15) is 9.59 Å². The fraction of sp³-hybridized carbons (Fsp3) is 0.176. The van der Waals surface area contributed by atoms with E-state index in [0.29, 0.717) is 22.4 Å². The maximum Gasteiger partial charge on any atom is 0.210 e. The van der Waals surface area contributed by atoms with Gasteiger partial charge < -0.3 is 4.57 Å². The van der Waals surface area contributed by atoms with Gasteiger partial charge in [-0.1, -0.05) is 30.3 Å². The van der Waals surface area contributed by atoms with Crippen LogP contribution < -0.4 is 0 Å². The lowest BCUT2D eigenvalue weighted by Crippen LogP contribution is -2.22. The molecule has 100 valence electrons. The minimum atomic E-state index is -0.0761. The number of benzene rings is 1. The highest BCUT2D eigenvalue weighted by atomic mass is 16.1. The van der Waals surface area contributed by atoms with E-state index in [0.717, 1.165) is 11.3 Å². The number of ketones is 2. The molecule has 0 saturated heterocycles. The summed E-state index contributed by atoms with van der Waals surface area (Å²) in [4.78, 5) is 25.2. The van der Waals surface area contributed by atoms with Crippen molar-refractivity contribution in [3.63, 3.8) is 0 Å². The van der Waals surface area contributed by atoms with Crippen LogP contribution in [0.1, 0.15) is 51.5 Å². The topological polar surface area (TPSA) is 39.1 Å². The van der Waals surface area contributed by atoms with Crippen molar-refractivity contribution in [2.24, 2.45) is 7.05 Å². The monoisotopic (exact) mass is 265 g/mol. The van der Waals surface area contributed by atoms with Crippen LogP contribution in [0.4, 0.5) is 0 Å². The van der Waals surface area contributed by atoms with E-state index >= 15 is 0 Å². The maximum absolute atomic E-state index is 12.6. The van der Waals surface area contributed by atoms with E-state index < -0.39 is 0 Å². The highest BCUT2D eigenvalue weighted by molar-refractivity contribution is 6.28. The molecule has 3 rings (SSSR count). The molecule has 0 N–H and O–H groups in total. The van der Waals surface area contributed by atoms with Crippen molar-refractivity contribution in [2.45, 2.75) is 13.8 Å². The Kier molecular flexibility index (Phi) is 2.71. The third-order valence-corrected chi connectivity index (χ3v) is 3.95. The van der Waals surface area contributed by atoms with Crippen molar-refractivity contribution >= 4 is 17.1 Å². The highest BCUT2D eigenvalue weighted by Crippen LogP contribution is 2.31. The van der Waals surface area contributed by atoms with Crippen molar-refractivity contribution < 1.29 is 9.59 Å². The van der Waals surface area contributed by atoms with Gasteiger partial charge in [-0.3, -0.25) is 9.59 Å². The Morgan fingerprint density at radius 1 is 1.05 bits per heavy atom. The van der Waals surface area contributed by atoms with E-state index in [1.165, 1.54) is 0 Å². The van der Waals surface area contributed by atoms with Gasteiger partial charge in [0.2, 0.25) is 5.78 Å². The number of hydrogen-bond donors (Lipinski definition) is 0. The van der Waals surface area contributed by atoms with Crippen LogP contribution in [0.5, 0.6) is 0 Å². The van der Waals surface area contributed by atoms with Crippen molar-refractivity contribution in [2.75, 3.05) is 0 Å². The van der Waals surface area contributed by atoms with E-state index in [4.69, 9.17) is 0 Å². The standard InChI is InChI=1S/C17H15NO2/c1-4-10(2)14-9-13-15(18(14)3)17(20)12-8-6-5-7-11(12)16(13)19/h4-9H,1-3H3. The van der Waals surface area contributed by atoms with E-state index in [2.05, 4.69) is 0 Å². The Morgan fingerprint density at radius 2 is 1.65 bits per heavy atom. The van der Waals surface area contributed by atoms with Gasteiger partial charge in [-0.2, -0.15) is 0 Å². The van der Waals surface area contributed by atoms with Crippen LogP contribution in [0.25, 0.3) is 5.57 Å². The van der Waals surface area contributed by atoms with Gasteiger partial charge in [0.1, 0.15) is 5.69 Å². The number of carbonyl (C=O) groups excluding carboxylic acids is 2. The second-order valence-electron chi connectivity index (χ2n) is 5.03. The zero-order valence-electron chi connectivity index (χ0n) is 11.7. The second kappa shape index (κ2) is 4.30. The van der Waals surface area contributed by atoms with Gasteiger partial charge >= 0.3 is 0 Å². The van der Waals surface area contributed by atoms with Crippen LogP contribution in [-0.4, -0.2) is 16.1 Å². The summed E-state index contributed by atoms with van der Waals surface area (Å²) in [5, 5.41) is 0. The number of nitrogens with zero attached hydrogens (tertiary/aromatic N) is 1. The Morgan fingerprint density at radius 3 is 2.25 bits per heavy atom. The number of aromatic nitrogens is 1. The molecule has 20 heavy (non-hydrogen) atoms. The van der Waals surface area contributed by atoms with E-state index in [1.54, 1.807) is 24.3 Å². The average molecular weight is 265 g/mol. The molecule has 0 radical (unpaired) electrons. The predicted molar refractivity (Wildman–Crippen MR) is 78.0 cm³/mol. The molecule has 0 atom stereocenters. The molecule has 0 amide bonds. The van der Waals surface area contributed by atoms with Gasteiger partial charge in [-0.15, -0.1) is 0 Å². The first kappa shape index (κ1) is 12.6. The average Bonchev–Trinajstić information content (AvgIpc) is 2.82. The molecule has 0 bridgehead atoms. The third kappa shape index (κ3) is 1.53. The highest BCUT2D eigenvalue weighted by Gasteiger charge is 2.33. The molecular formula is C17H15NO2. The molecule has 3 nitrogen and oxygen atoms in total. The van der Waals surface area contributed by atoms with Crippen LogP contribution in [0.15, 0.2) is 36.4 Å². The first-order chi connectivity index (χ1) is 9.56. The Bertz CT molecular complexity index is 778. The molecule has 0 saturated carbocycles. The summed E-state index contributed by atoms with van der Waals surface area (Å²) in [5.74, 6) is -0.145.